The molecule has 1 aliphatic heterocycles. The van der Waals surface area contributed by atoms with Crippen molar-refractivity contribution in [1.29, 1.82) is 0 Å². The SMILES string of the molecule is C/C=C1/NC(c2ccc(-c3cccnc3)nc2)=NC1=NC. The third kappa shape index (κ3) is 2.58. The first-order valence-electron chi connectivity index (χ1n) is 6.68. The van der Waals surface area contributed by atoms with E-state index in [1.807, 2.05) is 37.3 Å². The van der Waals surface area contributed by atoms with Crippen LogP contribution in [-0.4, -0.2) is 28.7 Å². The average Bonchev–Trinajstić information content (AvgIpc) is 2.99. The van der Waals surface area contributed by atoms with Crippen molar-refractivity contribution in [2.45, 2.75) is 6.92 Å². The van der Waals surface area contributed by atoms with Crippen LogP contribution in [0.1, 0.15) is 12.5 Å². The van der Waals surface area contributed by atoms with Crippen LogP contribution >= 0.6 is 0 Å². The highest BCUT2D eigenvalue weighted by molar-refractivity contribution is 6.18. The van der Waals surface area contributed by atoms with Crippen molar-refractivity contribution in [3.63, 3.8) is 0 Å². The standard InChI is InChI=1S/C16H15N5/c1-3-13-16(17-2)21-15(20-13)12-6-7-14(19-10-12)11-5-4-8-18-9-11/h3-10H,1-2H3,(H,17,20,21)/b13-3+. The van der Waals surface area contributed by atoms with Gasteiger partial charge in [-0.3, -0.25) is 15.0 Å². The van der Waals surface area contributed by atoms with Gasteiger partial charge < -0.3 is 5.32 Å². The van der Waals surface area contributed by atoms with E-state index in [1.54, 1.807) is 25.6 Å². The van der Waals surface area contributed by atoms with E-state index in [0.29, 0.717) is 5.84 Å². The van der Waals surface area contributed by atoms with Gasteiger partial charge >= 0.3 is 0 Å². The first kappa shape index (κ1) is 13.2. The van der Waals surface area contributed by atoms with Crippen molar-refractivity contribution in [1.82, 2.24) is 15.3 Å². The van der Waals surface area contributed by atoms with Gasteiger partial charge in [0.25, 0.3) is 0 Å². The Labute approximate surface area is 123 Å². The lowest BCUT2D eigenvalue weighted by Gasteiger charge is -2.04. The number of amidine groups is 2. The second kappa shape index (κ2) is 5.66. The molecule has 0 aromatic carbocycles. The molecule has 0 radical (unpaired) electrons. The lowest BCUT2D eigenvalue weighted by Crippen LogP contribution is -2.18. The van der Waals surface area contributed by atoms with Crippen LogP contribution in [0.5, 0.6) is 0 Å². The Morgan fingerprint density at radius 2 is 2.05 bits per heavy atom. The molecule has 0 unspecified atom stereocenters. The Morgan fingerprint density at radius 3 is 2.62 bits per heavy atom. The number of nitrogens with zero attached hydrogens (tertiary/aromatic N) is 4. The summed E-state index contributed by atoms with van der Waals surface area (Å²) >= 11 is 0. The molecule has 21 heavy (non-hydrogen) atoms. The van der Waals surface area contributed by atoms with Crippen molar-refractivity contribution in [3.8, 4) is 11.3 Å². The van der Waals surface area contributed by atoms with Crippen LogP contribution in [0.3, 0.4) is 0 Å². The summed E-state index contributed by atoms with van der Waals surface area (Å²) in [4.78, 5) is 17.2. The molecular formula is C16H15N5. The molecule has 2 aromatic rings. The third-order valence-corrected chi connectivity index (χ3v) is 3.21. The summed E-state index contributed by atoms with van der Waals surface area (Å²) in [5.41, 5.74) is 3.74. The molecule has 5 nitrogen and oxygen atoms in total. The molecule has 0 spiro atoms. The molecule has 5 heteroatoms. The van der Waals surface area contributed by atoms with Crippen LogP contribution in [0, 0.1) is 0 Å². The summed E-state index contributed by atoms with van der Waals surface area (Å²) < 4.78 is 0. The number of hydrogen-bond donors (Lipinski definition) is 1. The molecule has 1 aliphatic rings. The predicted octanol–water partition coefficient (Wildman–Crippen LogP) is 2.43. The summed E-state index contributed by atoms with van der Waals surface area (Å²) in [5.74, 6) is 1.48. The van der Waals surface area contributed by atoms with Crippen LogP contribution in [0.2, 0.25) is 0 Å². The Morgan fingerprint density at radius 1 is 1.14 bits per heavy atom. The lowest BCUT2D eigenvalue weighted by atomic mass is 10.1. The van der Waals surface area contributed by atoms with E-state index >= 15 is 0 Å². The molecular weight excluding hydrogens is 262 g/mol. The Balaban J connectivity index is 1.89. The Hall–Kier alpha value is -2.82. The first-order valence-corrected chi connectivity index (χ1v) is 6.68. The van der Waals surface area contributed by atoms with Gasteiger partial charge in [0.05, 0.1) is 11.4 Å². The van der Waals surface area contributed by atoms with Crippen molar-refractivity contribution >= 4 is 11.7 Å². The molecule has 0 aliphatic carbocycles. The fourth-order valence-electron chi connectivity index (χ4n) is 2.10. The van der Waals surface area contributed by atoms with Crippen molar-refractivity contribution in [3.05, 3.63) is 60.2 Å². The average molecular weight is 277 g/mol. The monoisotopic (exact) mass is 277 g/mol. The second-order valence-corrected chi connectivity index (χ2v) is 4.51. The molecule has 0 amide bonds. The molecule has 0 fully saturated rings. The molecule has 0 saturated heterocycles. The Bertz CT molecular complexity index is 727. The van der Waals surface area contributed by atoms with Gasteiger partial charge in [-0.05, 0) is 31.2 Å². The molecule has 0 saturated carbocycles. The number of pyridine rings is 2. The minimum absolute atomic E-state index is 0.712. The van der Waals surface area contributed by atoms with Gasteiger partial charge in [-0.2, -0.15) is 0 Å². The molecule has 0 atom stereocenters. The largest absolute Gasteiger partial charge is 0.337 e. The molecule has 2 aromatic heterocycles. The molecule has 3 heterocycles. The predicted molar refractivity (Wildman–Crippen MR) is 84.3 cm³/mol. The van der Waals surface area contributed by atoms with E-state index in [2.05, 4.69) is 25.3 Å². The maximum absolute atomic E-state index is 4.48. The van der Waals surface area contributed by atoms with Gasteiger partial charge in [-0.1, -0.05) is 6.08 Å². The van der Waals surface area contributed by atoms with Gasteiger partial charge in [-0.15, -0.1) is 0 Å². The van der Waals surface area contributed by atoms with E-state index in [0.717, 1.165) is 28.4 Å². The van der Waals surface area contributed by atoms with Crippen molar-refractivity contribution < 1.29 is 0 Å². The van der Waals surface area contributed by atoms with Gasteiger partial charge in [0.1, 0.15) is 5.84 Å². The van der Waals surface area contributed by atoms with E-state index in [9.17, 15) is 0 Å². The zero-order valence-corrected chi connectivity index (χ0v) is 11.9. The van der Waals surface area contributed by atoms with Crippen molar-refractivity contribution in [2.75, 3.05) is 7.05 Å². The van der Waals surface area contributed by atoms with E-state index in [4.69, 9.17) is 0 Å². The van der Waals surface area contributed by atoms with E-state index < -0.39 is 0 Å². The van der Waals surface area contributed by atoms with Crippen LogP contribution in [0.25, 0.3) is 11.3 Å². The van der Waals surface area contributed by atoms with Crippen molar-refractivity contribution in [2.24, 2.45) is 9.98 Å². The maximum Gasteiger partial charge on any atom is 0.172 e. The molecule has 104 valence electrons. The van der Waals surface area contributed by atoms with Crippen LogP contribution in [0.4, 0.5) is 0 Å². The van der Waals surface area contributed by atoms with Crippen LogP contribution < -0.4 is 5.32 Å². The highest BCUT2D eigenvalue weighted by Gasteiger charge is 2.18. The Kier molecular flexibility index (Phi) is 3.55. The fraction of sp³-hybridized carbons (Fsp3) is 0.125. The summed E-state index contributed by atoms with van der Waals surface area (Å²) in [7, 11) is 1.73. The van der Waals surface area contributed by atoms with Gasteiger partial charge in [0.15, 0.2) is 5.84 Å². The maximum atomic E-state index is 4.48. The van der Waals surface area contributed by atoms with E-state index in [1.165, 1.54) is 0 Å². The normalized spacial score (nSPS) is 17.9. The summed E-state index contributed by atoms with van der Waals surface area (Å²) in [6.45, 7) is 1.95. The number of nitrogens with one attached hydrogen (secondary N) is 1. The topological polar surface area (TPSA) is 62.5 Å². The minimum atomic E-state index is 0.712. The number of rotatable bonds is 2. The van der Waals surface area contributed by atoms with Gasteiger partial charge in [0, 0.05) is 36.8 Å². The quantitative estimate of drug-likeness (QED) is 0.917. The zero-order chi connectivity index (χ0) is 14.7. The highest BCUT2D eigenvalue weighted by atomic mass is 15.1. The second-order valence-electron chi connectivity index (χ2n) is 4.51. The molecule has 3 rings (SSSR count). The first-order chi connectivity index (χ1) is 10.3. The molecule has 0 bridgehead atoms. The lowest BCUT2D eigenvalue weighted by molar-refractivity contribution is 1.21. The fourth-order valence-corrected chi connectivity index (χ4v) is 2.10. The van der Waals surface area contributed by atoms with Gasteiger partial charge in [-0.25, -0.2) is 4.99 Å². The minimum Gasteiger partial charge on any atom is -0.337 e. The third-order valence-electron chi connectivity index (χ3n) is 3.21. The molecule has 1 N–H and O–H groups in total. The van der Waals surface area contributed by atoms with E-state index in [-0.39, 0.29) is 0 Å². The summed E-state index contributed by atoms with van der Waals surface area (Å²) in [6.07, 6.45) is 7.31. The van der Waals surface area contributed by atoms with Crippen LogP contribution in [-0.2, 0) is 0 Å². The number of aromatic nitrogens is 2. The van der Waals surface area contributed by atoms with Gasteiger partial charge in [0.2, 0.25) is 0 Å². The number of allylic oxidation sites excluding steroid dienone is 1. The zero-order valence-electron chi connectivity index (χ0n) is 11.9. The number of aliphatic imine (C=N–C) groups is 2. The summed E-state index contributed by atoms with van der Waals surface area (Å²) in [5, 5.41) is 3.25. The summed E-state index contributed by atoms with van der Waals surface area (Å²) in [6, 6.07) is 7.84. The smallest absolute Gasteiger partial charge is 0.172 e. The van der Waals surface area contributed by atoms with Crippen LogP contribution in [0.15, 0.2) is 64.6 Å². The number of hydrogen-bond acceptors (Lipinski definition) is 4. The highest BCUT2D eigenvalue weighted by Crippen LogP contribution is 2.17.